The third-order valence-electron chi connectivity index (χ3n) is 3.81. The van der Waals surface area contributed by atoms with Gasteiger partial charge in [-0.3, -0.25) is 0 Å². The molecule has 1 saturated carbocycles. The molecule has 0 amide bonds. The van der Waals surface area contributed by atoms with Gasteiger partial charge in [-0.2, -0.15) is 4.39 Å². The Bertz CT molecular complexity index is 611. The molecule has 2 heterocycles. The lowest BCUT2D eigenvalue weighted by Gasteiger charge is -2.27. The molecule has 1 aliphatic rings. The monoisotopic (exact) mass is 287 g/mol. The lowest BCUT2D eigenvalue weighted by atomic mass is 9.92. The van der Waals surface area contributed by atoms with E-state index in [1.54, 1.807) is 6.07 Å². The van der Waals surface area contributed by atoms with Gasteiger partial charge >= 0.3 is 0 Å². The molecule has 5 nitrogen and oxygen atoms in total. The zero-order chi connectivity index (χ0) is 14.7. The van der Waals surface area contributed by atoms with E-state index in [0.717, 1.165) is 31.5 Å². The predicted molar refractivity (Wildman–Crippen MR) is 79.1 cm³/mol. The van der Waals surface area contributed by atoms with Crippen LogP contribution in [0.2, 0.25) is 0 Å². The van der Waals surface area contributed by atoms with Crippen molar-refractivity contribution in [3.63, 3.8) is 0 Å². The summed E-state index contributed by atoms with van der Waals surface area (Å²) in [4.78, 5) is 12.0. The molecule has 0 bridgehead atoms. The lowest BCUT2D eigenvalue weighted by Crippen LogP contribution is -2.33. The lowest BCUT2D eigenvalue weighted by molar-refractivity contribution is 0.410. The second-order valence-electron chi connectivity index (χ2n) is 5.41. The van der Waals surface area contributed by atoms with Gasteiger partial charge < -0.3 is 11.1 Å². The summed E-state index contributed by atoms with van der Waals surface area (Å²) in [5, 5.41) is 3.41. The number of anilines is 1. The van der Waals surface area contributed by atoms with Crippen molar-refractivity contribution < 1.29 is 4.39 Å². The average Bonchev–Trinajstić information content (AvgIpc) is 2.50. The maximum absolute atomic E-state index is 13.2. The summed E-state index contributed by atoms with van der Waals surface area (Å²) in [6.45, 7) is 0. The molecule has 0 saturated heterocycles. The Morgan fingerprint density at radius 1 is 1.10 bits per heavy atom. The molecule has 1 fully saturated rings. The van der Waals surface area contributed by atoms with Crippen LogP contribution in [0.5, 0.6) is 0 Å². The van der Waals surface area contributed by atoms with E-state index in [4.69, 9.17) is 5.73 Å². The SMILES string of the molecule is N[C@H]1CC[C@H](Nc2cc(-c3ccnc(F)c3)ncn2)CC1. The van der Waals surface area contributed by atoms with Crippen LogP contribution in [0, 0.1) is 5.95 Å². The van der Waals surface area contributed by atoms with Crippen molar-refractivity contribution in [1.82, 2.24) is 15.0 Å². The molecule has 0 aromatic carbocycles. The molecule has 0 unspecified atom stereocenters. The summed E-state index contributed by atoms with van der Waals surface area (Å²) in [5.41, 5.74) is 7.28. The number of aromatic nitrogens is 3. The van der Waals surface area contributed by atoms with Crippen LogP contribution >= 0.6 is 0 Å². The fourth-order valence-electron chi connectivity index (χ4n) is 2.63. The van der Waals surface area contributed by atoms with Gasteiger partial charge in [0.2, 0.25) is 5.95 Å². The van der Waals surface area contributed by atoms with Gasteiger partial charge in [0.1, 0.15) is 12.1 Å². The Balaban J connectivity index is 1.74. The van der Waals surface area contributed by atoms with E-state index >= 15 is 0 Å². The van der Waals surface area contributed by atoms with Crippen LogP contribution in [0.1, 0.15) is 25.7 Å². The average molecular weight is 287 g/mol. The van der Waals surface area contributed by atoms with Gasteiger partial charge in [-0.1, -0.05) is 0 Å². The van der Waals surface area contributed by atoms with Crippen molar-refractivity contribution in [3.8, 4) is 11.3 Å². The second-order valence-corrected chi connectivity index (χ2v) is 5.41. The van der Waals surface area contributed by atoms with Gasteiger partial charge in [0, 0.05) is 36.0 Å². The largest absolute Gasteiger partial charge is 0.367 e. The van der Waals surface area contributed by atoms with Crippen molar-refractivity contribution in [2.75, 3.05) is 5.32 Å². The van der Waals surface area contributed by atoms with E-state index in [1.165, 1.54) is 18.6 Å². The first-order valence-corrected chi connectivity index (χ1v) is 7.17. The molecule has 0 atom stereocenters. The quantitative estimate of drug-likeness (QED) is 0.847. The molecule has 2 aromatic rings. The topological polar surface area (TPSA) is 76.7 Å². The van der Waals surface area contributed by atoms with E-state index in [-0.39, 0.29) is 0 Å². The first-order chi connectivity index (χ1) is 10.2. The highest BCUT2D eigenvalue weighted by molar-refractivity contribution is 5.61. The Labute approximate surface area is 122 Å². The minimum Gasteiger partial charge on any atom is -0.367 e. The molecule has 2 aromatic heterocycles. The standard InChI is InChI=1S/C15H18FN5/c16-14-7-10(5-6-18-14)13-8-15(20-9-19-13)21-12-3-1-11(17)2-4-12/h5-9,11-12H,1-4,17H2,(H,19,20,21)/t11-,12-. The van der Waals surface area contributed by atoms with Crippen molar-refractivity contribution >= 4 is 5.82 Å². The zero-order valence-electron chi connectivity index (χ0n) is 11.7. The maximum atomic E-state index is 13.2. The predicted octanol–water partition coefficient (Wildman–Crippen LogP) is 2.36. The second kappa shape index (κ2) is 6.13. The van der Waals surface area contributed by atoms with Crippen LogP contribution < -0.4 is 11.1 Å². The van der Waals surface area contributed by atoms with Gasteiger partial charge in [-0.05, 0) is 31.7 Å². The summed E-state index contributed by atoms with van der Waals surface area (Å²) in [6.07, 6.45) is 7.08. The maximum Gasteiger partial charge on any atom is 0.213 e. The summed E-state index contributed by atoms with van der Waals surface area (Å²) >= 11 is 0. The minimum atomic E-state index is -0.512. The highest BCUT2D eigenvalue weighted by Gasteiger charge is 2.18. The molecule has 0 aliphatic heterocycles. The molecule has 3 N–H and O–H groups in total. The van der Waals surface area contributed by atoms with Crippen LogP contribution in [-0.4, -0.2) is 27.0 Å². The molecular formula is C15H18FN5. The van der Waals surface area contributed by atoms with E-state index in [9.17, 15) is 4.39 Å². The number of nitrogens with zero attached hydrogens (tertiary/aromatic N) is 3. The van der Waals surface area contributed by atoms with Gasteiger partial charge in [0.25, 0.3) is 0 Å². The third-order valence-corrected chi connectivity index (χ3v) is 3.81. The Hall–Kier alpha value is -2.08. The first-order valence-electron chi connectivity index (χ1n) is 7.17. The first kappa shape index (κ1) is 13.9. The highest BCUT2D eigenvalue weighted by atomic mass is 19.1. The molecule has 0 radical (unpaired) electrons. The molecule has 0 spiro atoms. The van der Waals surface area contributed by atoms with Crippen LogP contribution in [0.15, 0.2) is 30.7 Å². The number of pyridine rings is 1. The van der Waals surface area contributed by atoms with Gasteiger partial charge in [-0.25, -0.2) is 15.0 Å². The fraction of sp³-hybridized carbons (Fsp3) is 0.400. The summed E-state index contributed by atoms with van der Waals surface area (Å²) in [5.74, 6) is 0.250. The Morgan fingerprint density at radius 2 is 1.90 bits per heavy atom. The normalized spacial score (nSPS) is 22.0. The minimum absolute atomic E-state index is 0.323. The van der Waals surface area contributed by atoms with Gasteiger partial charge in [0.15, 0.2) is 0 Å². The molecule has 3 rings (SSSR count). The summed E-state index contributed by atoms with van der Waals surface area (Å²) in [7, 11) is 0. The fourth-order valence-corrected chi connectivity index (χ4v) is 2.63. The number of halogens is 1. The van der Waals surface area contributed by atoms with Crippen molar-refractivity contribution in [2.24, 2.45) is 5.73 Å². The molecule has 1 aliphatic carbocycles. The number of rotatable bonds is 3. The number of hydrogen-bond donors (Lipinski definition) is 2. The Morgan fingerprint density at radius 3 is 2.67 bits per heavy atom. The van der Waals surface area contributed by atoms with Crippen molar-refractivity contribution in [1.29, 1.82) is 0 Å². The number of hydrogen-bond acceptors (Lipinski definition) is 5. The van der Waals surface area contributed by atoms with Crippen LogP contribution in [0.4, 0.5) is 10.2 Å². The third kappa shape index (κ3) is 3.52. The summed E-state index contributed by atoms with van der Waals surface area (Å²) < 4.78 is 13.2. The van der Waals surface area contributed by atoms with E-state index in [2.05, 4.69) is 20.3 Å². The zero-order valence-corrected chi connectivity index (χ0v) is 11.7. The van der Waals surface area contributed by atoms with Crippen LogP contribution in [-0.2, 0) is 0 Å². The summed E-state index contributed by atoms with van der Waals surface area (Å²) in [6, 6.07) is 5.65. The number of nitrogens with two attached hydrogens (primary N) is 1. The Kier molecular flexibility index (Phi) is 4.06. The van der Waals surface area contributed by atoms with E-state index in [0.29, 0.717) is 23.3 Å². The van der Waals surface area contributed by atoms with Crippen LogP contribution in [0.25, 0.3) is 11.3 Å². The van der Waals surface area contributed by atoms with Gasteiger partial charge in [-0.15, -0.1) is 0 Å². The molecule has 6 heteroatoms. The number of nitrogens with one attached hydrogen (secondary N) is 1. The van der Waals surface area contributed by atoms with Gasteiger partial charge in [0.05, 0.1) is 5.69 Å². The molecule has 21 heavy (non-hydrogen) atoms. The van der Waals surface area contributed by atoms with E-state index < -0.39 is 5.95 Å². The van der Waals surface area contributed by atoms with Crippen molar-refractivity contribution in [3.05, 3.63) is 36.7 Å². The highest BCUT2D eigenvalue weighted by Crippen LogP contribution is 2.23. The molecule has 110 valence electrons. The smallest absolute Gasteiger partial charge is 0.213 e. The van der Waals surface area contributed by atoms with Crippen LogP contribution in [0.3, 0.4) is 0 Å². The molecular weight excluding hydrogens is 269 g/mol. The van der Waals surface area contributed by atoms with E-state index in [1.807, 2.05) is 6.07 Å². The van der Waals surface area contributed by atoms with Crippen molar-refractivity contribution in [2.45, 2.75) is 37.8 Å².